The molecule has 1 rings (SSSR count). The van der Waals surface area contributed by atoms with Crippen LogP contribution in [0.4, 0.5) is 0 Å². The number of nitrogens with zero attached hydrogens (tertiary/aromatic N) is 1. The van der Waals surface area contributed by atoms with E-state index < -0.39 is 0 Å². The molecule has 0 amide bonds. The molecule has 3 heteroatoms. The summed E-state index contributed by atoms with van der Waals surface area (Å²) in [6, 6.07) is 5.35. The van der Waals surface area contributed by atoms with E-state index in [-0.39, 0.29) is 0 Å². The molecule has 1 aromatic rings. The Bertz CT molecular complexity index is 422. The average molecular weight is 292 g/mol. The van der Waals surface area contributed by atoms with Crippen molar-refractivity contribution < 1.29 is 4.74 Å². The number of hydrogen-bond acceptors (Lipinski definition) is 3. The molecule has 1 aromatic carbocycles. The Labute approximate surface area is 130 Å². The molecule has 21 heavy (non-hydrogen) atoms. The van der Waals surface area contributed by atoms with Gasteiger partial charge in [-0.25, -0.2) is 0 Å². The zero-order valence-corrected chi connectivity index (χ0v) is 14.8. The summed E-state index contributed by atoms with van der Waals surface area (Å²) in [5.41, 5.74) is 5.54. The second kappa shape index (κ2) is 8.52. The number of methoxy groups -OCH3 is 1. The van der Waals surface area contributed by atoms with Gasteiger partial charge in [0.25, 0.3) is 0 Å². The van der Waals surface area contributed by atoms with Crippen LogP contribution in [0.2, 0.25) is 0 Å². The van der Waals surface area contributed by atoms with Crippen molar-refractivity contribution >= 4 is 0 Å². The highest BCUT2D eigenvalue weighted by molar-refractivity contribution is 5.39. The monoisotopic (exact) mass is 292 g/mol. The van der Waals surface area contributed by atoms with Crippen molar-refractivity contribution in [2.75, 3.05) is 33.9 Å². The predicted octanol–water partition coefficient (Wildman–Crippen LogP) is 3.23. The maximum absolute atomic E-state index is 5.27. The molecule has 0 aromatic heterocycles. The summed E-state index contributed by atoms with van der Waals surface area (Å²) in [6.45, 7) is 13.7. The standard InChI is InChI=1S/C18H32N2O/c1-8-19-17(11-20(6)16(5)12-21-7)18-14(3)9-13(2)10-15(18)4/h9-10,16-17,19H,8,11-12H2,1-7H3. The Kier molecular flexibility index (Phi) is 7.36. The number of ether oxygens (including phenoxy) is 1. The number of aryl methyl sites for hydroxylation is 3. The molecule has 1 N–H and O–H groups in total. The van der Waals surface area contributed by atoms with Crippen molar-refractivity contribution in [3.05, 3.63) is 34.4 Å². The first-order chi connectivity index (χ1) is 9.90. The van der Waals surface area contributed by atoms with Gasteiger partial charge in [-0.2, -0.15) is 0 Å². The van der Waals surface area contributed by atoms with Crippen LogP contribution < -0.4 is 5.32 Å². The van der Waals surface area contributed by atoms with Crippen molar-refractivity contribution in [1.29, 1.82) is 0 Å². The lowest BCUT2D eigenvalue weighted by Crippen LogP contribution is -2.40. The molecule has 0 radical (unpaired) electrons. The van der Waals surface area contributed by atoms with Gasteiger partial charge >= 0.3 is 0 Å². The van der Waals surface area contributed by atoms with Gasteiger partial charge in [0.05, 0.1) is 6.61 Å². The molecule has 2 unspecified atom stereocenters. The van der Waals surface area contributed by atoms with E-state index in [0.29, 0.717) is 12.1 Å². The third-order valence-electron chi connectivity index (χ3n) is 4.17. The van der Waals surface area contributed by atoms with Crippen LogP contribution in [0.1, 0.15) is 42.1 Å². The summed E-state index contributed by atoms with van der Waals surface area (Å²) in [4.78, 5) is 2.37. The highest BCUT2D eigenvalue weighted by Gasteiger charge is 2.20. The Morgan fingerprint density at radius 2 is 1.76 bits per heavy atom. The van der Waals surface area contributed by atoms with E-state index in [4.69, 9.17) is 4.74 Å². The van der Waals surface area contributed by atoms with Gasteiger partial charge in [-0.05, 0) is 58.0 Å². The van der Waals surface area contributed by atoms with Crippen LogP contribution in [-0.2, 0) is 4.74 Å². The van der Waals surface area contributed by atoms with Gasteiger partial charge in [0, 0.05) is 25.7 Å². The lowest BCUT2D eigenvalue weighted by molar-refractivity contribution is 0.109. The van der Waals surface area contributed by atoms with Gasteiger partial charge in [-0.15, -0.1) is 0 Å². The molecule has 2 atom stereocenters. The van der Waals surface area contributed by atoms with Crippen LogP contribution in [0, 0.1) is 20.8 Å². The third-order valence-corrected chi connectivity index (χ3v) is 4.17. The van der Waals surface area contributed by atoms with Gasteiger partial charge in [0.2, 0.25) is 0 Å². The average Bonchev–Trinajstić information content (AvgIpc) is 2.37. The molecule has 0 saturated carbocycles. The summed E-state index contributed by atoms with van der Waals surface area (Å²) >= 11 is 0. The van der Waals surface area contributed by atoms with Gasteiger partial charge in [-0.3, -0.25) is 4.90 Å². The van der Waals surface area contributed by atoms with Crippen molar-refractivity contribution in [3.8, 4) is 0 Å². The molecule has 0 fully saturated rings. The molecule has 0 aliphatic rings. The minimum absolute atomic E-state index is 0.361. The van der Waals surface area contributed by atoms with Gasteiger partial charge in [0.15, 0.2) is 0 Å². The molecule has 3 nitrogen and oxygen atoms in total. The van der Waals surface area contributed by atoms with Crippen LogP contribution in [0.5, 0.6) is 0 Å². The fraction of sp³-hybridized carbons (Fsp3) is 0.667. The fourth-order valence-electron chi connectivity index (χ4n) is 3.08. The largest absolute Gasteiger partial charge is 0.383 e. The minimum Gasteiger partial charge on any atom is -0.383 e. The molecule has 0 spiro atoms. The normalized spacial score (nSPS) is 14.5. The minimum atomic E-state index is 0.361. The van der Waals surface area contributed by atoms with Crippen LogP contribution in [0.15, 0.2) is 12.1 Å². The highest BCUT2D eigenvalue weighted by atomic mass is 16.5. The molecule has 0 saturated heterocycles. The quantitative estimate of drug-likeness (QED) is 0.796. The topological polar surface area (TPSA) is 24.5 Å². The summed E-state index contributed by atoms with van der Waals surface area (Å²) in [7, 11) is 3.94. The molecule has 120 valence electrons. The second-order valence-corrected chi connectivity index (χ2v) is 6.17. The molecular weight excluding hydrogens is 260 g/mol. The lowest BCUT2D eigenvalue weighted by Gasteiger charge is -2.31. The number of hydrogen-bond donors (Lipinski definition) is 1. The maximum Gasteiger partial charge on any atom is 0.0615 e. The van der Waals surface area contributed by atoms with Crippen molar-refractivity contribution in [2.45, 2.75) is 46.7 Å². The molecule has 0 bridgehead atoms. The van der Waals surface area contributed by atoms with E-state index in [9.17, 15) is 0 Å². The maximum atomic E-state index is 5.27. The summed E-state index contributed by atoms with van der Waals surface area (Å²) in [5.74, 6) is 0. The molecule has 0 heterocycles. The van der Waals surface area contributed by atoms with E-state index in [1.54, 1.807) is 7.11 Å². The zero-order valence-electron chi connectivity index (χ0n) is 14.8. The summed E-state index contributed by atoms with van der Waals surface area (Å²) in [5, 5.41) is 3.65. The Balaban J connectivity index is 2.97. The van der Waals surface area contributed by atoms with Crippen LogP contribution in [-0.4, -0.2) is 44.8 Å². The fourth-order valence-corrected chi connectivity index (χ4v) is 3.08. The number of nitrogens with one attached hydrogen (secondary N) is 1. The van der Waals surface area contributed by atoms with Crippen LogP contribution in [0.3, 0.4) is 0 Å². The zero-order chi connectivity index (χ0) is 16.0. The van der Waals surface area contributed by atoms with Crippen molar-refractivity contribution in [2.24, 2.45) is 0 Å². The predicted molar refractivity (Wildman–Crippen MR) is 91.0 cm³/mol. The van der Waals surface area contributed by atoms with E-state index in [2.05, 4.69) is 64.0 Å². The first-order valence-corrected chi connectivity index (χ1v) is 7.91. The number of likely N-dealkylation sites (N-methyl/N-ethyl adjacent to an activating group) is 2. The highest BCUT2D eigenvalue weighted by Crippen LogP contribution is 2.24. The number of rotatable bonds is 8. The SMILES string of the molecule is CCNC(CN(C)C(C)COC)c1c(C)cc(C)cc1C. The van der Waals surface area contributed by atoms with Gasteiger partial charge < -0.3 is 10.1 Å². The summed E-state index contributed by atoms with van der Waals surface area (Å²) < 4.78 is 5.27. The first-order valence-electron chi connectivity index (χ1n) is 7.91. The third kappa shape index (κ3) is 5.10. The Hall–Kier alpha value is -0.900. The molecule has 0 aliphatic carbocycles. The smallest absolute Gasteiger partial charge is 0.0615 e. The first kappa shape index (κ1) is 18.1. The number of benzene rings is 1. The van der Waals surface area contributed by atoms with E-state index in [0.717, 1.165) is 19.7 Å². The molecule has 0 aliphatic heterocycles. The van der Waals surface area contributed by atoms with Gasteiger partial charge in [0.1, 0.15) is 0 Å². The van der Waals surface area contributed by atoms with E-state index >= 15 is 0 Å². The van der Waals surface area contributed by atoms with Crippen LogP contribution in [0.25, 0.3) is 0 Å². The van der Waals surface area contributed by atoms with Gasteiger partial charge in [-0.1, -0.05) is 24.6 Å². The Morgan fingerprint density at radius 1 is 1.19 bits per heavy atom. The molecular formula is C18H32N2O. The van der Waals surface area contributed by atoms with Crippen LogP contribution >= 0.6 is 0 Å². The lowest BCUT2D eigenvalue weighted by atomic mass is 9.93. The second-order valence-electron chi connectivity index (χ2n) is 6.17. The van der Waals surface area contributed by atoms with Crippen molar-refractivity contribution in [1.82, 2.24) is 10.2 Å². The summed E-state index contributed by atoms with van der Waals surface area (Å²) in [6.07, 6.45) is 0. The van der Waals surface area contributed by atoms with E-state index in [1.165, 1.54) is 22.3 Å². The van der Waals surface area contributed by atoms with Crippen molar-refractivity contribution in [3.63, 3.8) is 0 Å². The Morgan fingerprint density at radius 3 is 2.24 bits per heavy atom. The van der Waals surface area contributed by atoms with E-state index in [1.807, 2.05) is 0 Å².